The predicted molar refractivity (Wildman–Crippen MR) is 120 cm³/mol. The Balaban J connectivity index is 1.47. The lowest BCUT2D eigenvalue weighted by molar-refractivity contribution is -0.136. The minimum atomic E-state index is -0.901. The third-order valence-corrected chi connectivity index (χ3v) is 5.82. The van der Waals surface area contributed by atoms with Crippen molar-refractivity contribution in [3.63, 3.8) is 0 Å². The Morgan fingerprint density at radius 1 is 1.34 bits per heavy atom. The van der Waals surface area contributed by atoms with E-state index in [1.165, 1.54) is 17.3 Å². The summed E-state index contributed by atoms with van der Waals surface area (Å²) in [5, 5.41) is 31.9. The molecule has 1 atom stereocenters. The van der Waals surface area contributed by atoms with Crippen LogP contribution in [0.5, 0.6) is 5.75 Å². The van der Waals surface area contributed by atoms with E-state index < -0.39 is 12.1 Å². The van der Waals surface area contributed by atoms with Gasteiger partial charge < -0.3 is 20.3 Å². The molecule has 3 rings (SSSR count). The lowest BCUT2D eigenvalue weighted by Gasteiger charge is -2.30. The molecule has 0 saturated heterocycles. The molecule has 2 aromatic rings. The van der Waals surface area contributed by atoms with Crippen LogP contribution < -0.4 is 10.1 Å². The summed E-state index contributed by atoms with van der Waals surface area (Å²) >= 11 is 0. The molecule has 1 unspecified atom stereocenters. The van der Waals surface area contributed by atoms with E-state index in [2.05, 4.69) is 48.4 Å². The zero-order valence-corrected chi connectivity index (χ0v) is 18.7. The highest BCUT2D eigenvalue weighted by atomic mass is 16.5. The number of hydrogen-bond acceptors (Lipinski definition) is 6. The van der Waals surface area contributed by atoms with Gasteiger partial charge in [0, 0.05) is 24.7 Å². The number of benzene rings is 1. The van der Waals surface area contributed by atoms with Gasteiger partial charge in [-0.2, -0.15) is 5.26 Å². The number of aliphatic hydroxyl groups excluding tert-OH is 1. The van der Waals surface area contributed by atoms with Crippen molar-refractivity contribution in [2.24, 2.45) is 5.92 Å². The van der Waals surface area contributed by atoms with E-state index in [4.69, 9.17) is 9.84 Å². The highest BCUT2D eigenvalue weighted by Crippen LogP contribution is 2.31. The molecule has 0 bridgehead atoms. The molecule has 7 nitrogen and oxygen atoms in total. The van der Waals surface area contributed by atoms with Crippen molar-refractivity contribution in [2.45, 2.75) is 57.6 Å². The first-order valence-corrected chi connectivity index (χ1v) is 11.0. The summed E-state index contributed by atoms with van der Waals surface area (Å²) < 4.78 is 5.66. The summed E-state index contributed by atoms with van der Waals surface area (Å²) in [6, 6.07) is 12.2. The number of fused-ring (bicyclic) bond motifs is 1. The predicted octanol–water partition coefficient (Wildman–Crippen LogP) is 2.88. The normalized spacial score (nSPS) is 14.6. The number of carbonyl (C=O) groups is 1. The molecule has 0 saturated carbocycles. The van der Waals surface area contributed by atoms with Crippen molar-refractivity contribution in [1.29, 1.82) is 5.26 Å². The molecule has 0 amide bonds. The van der Waals surface area contributed by atoms with Crippen LogP contribution in [0.4, 0.5) is 0 Å². The van der Waals surface area contributed by atoms with Gasteiger partial charge in [-0.05, 0) is 68.2 Å². The number of nitriles is 1. The van der Waals surface area contributed by atoms with E-state index >= 15 is 0 Å². The number of nitrogens with one attached hydrogen (secondary N) is 1. The SMILES string of the molecule is CC(C)(CC1Cc2ccccc2C1)NCC(O)COc1cc(CCC(=O)O)cnc1C#N. The number of hydrogen-bond donors (Lipinski definition) is 3. The number of ether oxygens (including phenoxy) is 1. The van der Waals surface area contributed by atoms with Crippen LogP contribution in [-0.2, 0) is 24.1 Å². The number of aromatic nitrogens is 1. The van der Waals surface area contributed by atoms with Gasteiger partial charge in [0.2, 0.25) is 0 Å². The van der Waals surface area contributed by atoms with E-state index in [0.717, 1.165) is 19.3 Å². The quantitative estimate of drug-likeness (QED) is 0.495. The van der Waals surface area contributed by atoms with Crippen molar-refractivity contribution in [1.82, 2.24) is 10.3 Å². The van der Waals surface area contributed by atoms with Gasteiger partial charge in [-0.3, -0.25) is 4.79 Å². The average molecular weight is 438 g/mol. The number of aryl methyl sites for hydroxylation is 1. The lowest BCUT2D eigenvalue weighted by atomic mass is 9.88. The van der Waals surface area contributed by atoms with Gasteiger partial charge in [-0.15, -0.1) is 0 Å². The highest BCUT2D eigenvalue weighted by molar-refractivity contribution is 5.67. The standard InChI is InChI=1S/C25H31N3O4/c1-25(2,12-18-9-19-5-3-4-6-20(19)10-18)28-15-21(29)16-32-23-11-17(7-8-24(30)31)14-27-22(23)13-26/h3-6,11,14,18,21,28-29H,7-10,12,15-16H2,1-2H3,(H,30,31). The summed E-state index contributed by atoms with van der Waals surface area (Å²) in [7, 11) is 0. The van der Waals surface area contributed by atoms with Crippen LogP contribution in [0.25, 0.3) is 0 Å². The molecule has 0 spiro atoms. The summed E-state index contributed by atoms with van der Waals surface area (Å²) in [6.07, 6.45) is 4.18. The molecule has 170 valence electrons. The third-order valence-electron chi connectivity index (χ3n) is 5.82. The summed E-state index contributed by atoms with van der Waals surface area (Å²) in [5.41, 5.74) is 3.53. The molecule has 0 aliphatic heterocycles. The van der Waals surface area contributed by atoms with Crippen LogP contribution in [-0.4, -0.2) is 46.0 Å². The lowest BCUT2D eigenvalue weighted by Crippen LogP contribution is -2.46. The van der Waals surface area contributed by atoms with E-state index in [1.807, 2.05) is 6.07 Å². The molecule has 1 heterocycles. The van der Waals surface area contributed by atoms with E-state index in [1.54, 1.807) is 6.07 Å². The minimum Gasteiger partial charge on any atom is -0.488 e. The summed E-state index contributed by atoms with van der Waals surface area (Å²) in [6.45, 7) is 4.66. The molecular formula is C25H31N3O4. The summed E-state index contributed by atoms with van der Waals surface area (Å²) in [4.78, 5) is 14.8. The number of β-amino-alcohol motifs (C(OH)–C–C–N with tert-alkyl or cyclic N) is 1. The Morgan fingerprint density at radius 2 is 2.03 bits per heavy atom. The smallest absolute Gasteiger partial charge is 0.303 e. The third kappa shape index (κ3) is 6.78. The number of nitrogens with zero attached hydrogens (tertiary/aromatic N) is 2. The first-order chi connectivity index (χ1) is 15.3. The van der Waals surface area contributed by atoms with Crippen LogP contribution in [0.3, 0.4) is 0 Å². The molecule has 0 radical (unpaired) electrons. The van der Waals surface area contributed by atoms with Gasteiger partial charge in [0.25, 0.3) is 0 Å². The highest BCUT2D eigenvalue weighted by Gasteiger charge is 2.28. The van der Waals surface area contributed by atoms with Crippen LogP contribution in [0.1, 0.15) is 49.1 Å². The van der Waals surface area contributed by atoms with Gasteiger partial charge in [0.05, 0.1) is 0 Å². The molecule has 3 N–H and O–H groups in total. The van der Waals surface area contributed by atoms with E-state index in [0.29, 0.717) is 24.4 Å². The Labute approximate surface area is 189 Å². The minimum absolute atomic E-state index is 0.0106. The van der Waals surface area contributed by atoms with Crippen molar-refractivity contribution in [3.8, 4) is 11.8 Å². The fraction of sp³-hybridized carbons (Fsp3) is 0.480. The molecule has 1 aliphatic carbocycles. The largest absolute Gasteiger partial charge is 0.488 e. The van der Waals surface area contributed by atoms with Gasteiger partial charge in [-0.1, -0.05) is 24.3 Å². The zero-order valence-electron chi connectivity index (χ0n) is 18.7. The summed E-state index contributed by atoms with van der Waals surface area (Å²) in [5.74, 6) is -0.0547. The maximum Gasteiger partial charge on any atom is 0.303 e. The number of aliphatic hydroxyl groups is 1. The second-order valence-electron chi connectivity index (χ2n) is 9.17. The van der Waals surface area contributed by atoms with Gasteiger partial charge in [-0.25, -0.2) is 4.98 Å². The number of carboxylic acid groups (broad SMARTS) is 1. The molecule has 1 aromatic heterocycles. The second kappa shape index (κ2) is 10.6. The molecule has 0 fully saturated rings. The number of carboxylic acids is 1. The number of aliphatic carboxylic acids is 1. The maximum atomic E-state index is 10.8. The average Bonchev–Trinajstić information content (AvgIpc) is 3.16. The van der Waals surface area contributed by atoms with Crippen molar-refractivity contribution in [3.05, 3.63) is 58.9 Å². The van der Waals surface area contributed by atoms with Crippen LogP contribution >= 0.6 is 0 Å². The molecular weight excluding hydrogens is 406 g/mol. The van der Waals surface area contributed by atoms with Gasteiger partial charge in [0.1, 0.15) is 18.8 Å². The molecule has 32 heavy (non-hydrogen) atoms. The second-order valence-corrected chi connectivity index (χ2v) is 9.17. The van der Waals surface area contributed by atoms with Gasteiger partial charge in [0.15, 0.2) is 11.4 Å². The molecule has 1 aromatic carbocycles. The topological polar surface area (TPSA) is 115 Å². The molecule has 7 heteroatoms. The number of pyridine rings is 1. The van der Waals surface area contributed by atoms with Crippen LogP contribution in [0.15, 0.2) is 36.5 Å². The zero-order chi connectivity index (χ0) is 23.1. The first-order valence-electron chi connectivity index (χ1n) is 11.0. The maximum absolute atomic E-state index is 10.8. The monoisotopic (exact) mass is 437 g/mol. The first kappa shape index (κ1) is 23.7. The Hall–Kier alpha value is -2.95. The van der Waals surface area contributed by atoms with E-state index in [-0.39, 0.29) is 30.0 Å². The van der Waals surface area contributed by atoms with E-state index in [9.17, 15) is 15.2 Å². The van der Waals surface area contributed by atoms with Crippen molar-refractivity contribution in [2.75, 3.05) is 13.2 Å². The van der Waals surface area contributed by atoms with Gasteiger partial charge >= 0.3 is 5.97 Å². The van der Waals surface area contributed by atoms with Crippen LogP contribution in [0, 0.1) is 17.2 Å². The fourth-order valence-electron chi connectivity index (χ4n) is 4.29. The Bertz CT molecular complexity index is 958. The van der Waals surface area contributed by atoms with Crippen molar-refractivity contribution < 1.29 is 19.7 Å². The van der Waals surface area contributed by atoms with Crippen LogP contribution in [0.2, 0.25) is 0 Å². The van der Waals surface area contributed by atoms with Crippen molar-refractivity contribution >= 4 is 5.97 Å². The number of rotatable bonds is 11. The Morgan fingerprint density at radius 3 is 2.66 bits per heavy atom. The Kier molecular flexibility index (Phi) is 7.84. The fourth-order valence-corrected chi connectivity index (χ4v) is 4.29. The molecule has 1 aliphatic rings.